The lowest BCUT2D eigenvalue weighted by Gasteiger charge is -1.94. The van der Waals surface area contributed by atoms with Crippen LogP contribution in [0.2, 0.25) is 0 Å². The van der Waals surface area contributed by atoms with Gasteiger partial charge in [0.25, 0.3) is 10.0 Å². The van der Waals surface area contributed by atoms with Crippen LogP contribution in [0.15, 0.2) is 29.2 Å². The maximum absolute atomic E-state index is 11.8. The second-order valence-corrected chi connectivity index (χ2v) is 4.58. The zero-order valence-electron chi connectivity index (χ0n) is 6.82. The summed E-state index contributed by atoms with van der Waals surface area (Å²) >= 11 is 0. The molecule has 1 aromatic carbocycles. The van der Waals surface area contributed by atoms with Crippen LogP contribution in [0.25, 0.3) is 11.4 Å². The molecule has 14 heavy (non-hydrogen) atoms. The van der Waals surface area contributed by atoms with Crippen LogP contribution >= 0.6 is 0 Å². The number of nitrogens with zero attached hydrogens (tertiary/aromatic N) is 4. The van der Waals surface area contributed by atoms with Gasteiger partial charge in [-0.25, -0.2) is 0 Å². The molecule has 1 aliphatic rings. The monoisotopic (exact) mass is 208 g/mol. The maximum atomic E-state index is 11.8. The summed E-state index contributed by atoms with van der Waals surface area (Å²) in [6.45, 7) is 0. The molecule has 70 valence electrons. The zero-order chi connectivity index (χ0) is 9.76. The molecule has 6 nitrogen and oxygen atoms in total. The molecule has 0 bridgehead atoms. The fourth-order valence-electron chi connectivity index (χ4n) is 1.47. The number of rotatable bonds is 0. The molecular weight excluding hydrogens is 204 g/mol. The molecular formula is C7H4N4O2S. The Bertz CT molecular complexity index is 616. The van der Waals surface area contributed by atoms with Crippen molar-refractivity contribution in [3.8, 4) is 11.4 Å². The summed E-state index contributed by atoms with van der Waals surface area (Å²) in [5.74, 6) is 0.278. The highest BCUT2D eigenvalue weighted by atomic mass is 32.2. The van der Waals surface area contributed by atoms with Crippen LogP contribution in [0, 0.1) is 0 Å². The molecule has 2 heterocycles. The molecule has 3 rings (SSSR count). The summed E-state index contributed by atoms with van der Waals surface area (Å²) in [4.78, 5) is 0.234. The van der Waals surface area contributed by atoms with Gasteiger partial charge in [0, 0.05) is 5.56 Å². The minimum absolute atomic E-state index is 0.234. The lowest BCUT2D eigenvalue weighted by atomic mass is 10.2. The molecule has 0 aliphatic carbocycles. The van der Waals surface area contributed by atoms with Crippen molar-refractivity contribution >= 4 is 10.0 Å². The quantitative estimate of drug-likeness (QED) is 0.515. The van der Waals surface area contributed by atoms with E-state index < -0.39 is 10.0 Å². The van der Waals surface area contributed by atoms with Crippen LogP contribution < -0.4 is 0 Å². The average molecular weight is 208 g/mol. The van der Waals surface area contributed by atoms with Crippen LogP contribution in [0.3, 0.4) is 0 Å². The van der Waals surface area contributed by atoms with Crippen molar-refractivity contribution in [2.45, 2.75) is 4.90 Å². The fourth-order valence-corrected chi connectivity index (χ4v) is 2.83. The third kappa shape index (κ3) is 0.704. The van der Waals surface area contributed by atoms with Crippen LogP contribution in [-0.2, 0) is 10.0 Å². The number of tetrazole rings is 1. The molecule has 0 unspecified atom stereocenters. The number of benzene rings is 1. The van der Waals surface area contributed by atoms with Gasteiger partial charge < -0.3 is 0 Å². The van der Waals surface area contributed by atoms with Crippen molar-refractivity contribution in [3.05, 3.63) is 24.3 Å². The largest absolute Gasteiger partial charge is 0.287 e. The zero-order valence-corrected chi connectivity index (χ0v) is 7.64. The Labute approximate surface area is 79.2 Å². The Hall–Kier alpha value is -1.76. The molecule has 2 aromatic rings. The van der Waals surface area contributed by atoms with Gasteiger partial charge in [-0.15, -0.1) is 9.19 Å². The van der Waals surface area contributed by atoms with E-state index in [1.54, 1.807) is 18.2 Å². The first-order chi connectivity index (χ1) is 6.71. The van der Waals surface area contributed by atoms with Crippen LogP contribution in [0.1, 0.15) is 0 Å². The van der Waals surface area contributed by atoms with Gasteiger partial charge in [-0.05, 0) is 22.6 Å². The van der Waals surface area contributed by atoms with Crippen molar-refractivity contribution in [3.63, 3.8) is 0 Å². The number of aromatic nitrogens is 4. The third-order valence-electron chi connectivity index (χ3n) is 2.08. The van der Waals surface area contributed by atoms with E-state index in [0.29, 0.717) is 5.56 Å². The first kappa shape index (κ1) is 7.63. The summed E-state index contributed by atoms with van der Waals surface area (Å²) in [6, 6.07) is 6.62. The van der Waals surface area contributed by atoms with E-state index in [1.165, 1.54) is 6.07 Å². The molecule has 0 saturated carbocycles. The van der Waals surface area contributed by atoms with Gasteiger partial charge in [-0.1, -0.05) is 12.1 Å². The maximum Gasteiger partial charge on any atom is 0.287 e. The van der Waals surface area contributed by atoms with Gasteiger partial charge in [-0.3, -0.25) is 0 Å². The van der Waals surface area contributed by atoms with Gasteiger partial charge >= 0.3 is 0 Å². The van der Waals surface area contributed by atoms with Crippen molar-refractivity contribution in [1.29, 1.82) is 0 Å². The van der Waals surface area contributed by atoms with E-state index in [0.717, 1.165) is 4.09 Å². The van der Waals surface area contributed by atoms with Crippen LogP contribution in [0.5, 0.6) is 0 Å². The predicted octanol–water partition coefficient (Wildman–Crippen LogP) is -0.110. The average Bonchev–Trinajstić information content (AvgIpc) is 2.72. The second-order valence-electron chi connectivity index (χ2n) is 2.85. The molecule has 0 atom stereocenters. The Kier molecular flexibility index (Phi) is 1.19. The Morgan fingerprint density at radius 1 is 1.21 bits per heavy atom. The highest BCUT2D eigenvalue weighted by molar-refractivity contribution is 7.90. The van der Waals surface area contributed by atoms with Crippen molar-refractivity contribution in [1.82, 2.24) is 19.6 Å². The van der Waals surface area contributed by atoms with E-state index in [2.05, 4.69) is 15.5 Å². The van der Waals surface area contributed by atoms with Gasteiger partial charge in [0.15, 0.2) is 5.82 Å². The first-order valence-corrected chi connectivity index (χ1v) is 5.28. The number of hydrogen-bond acceptors (Lipinski definition) is 5. The summed E-state index contributed by atoms with van der Waals surface area (Å²) in [7, 11) is -3.54. The van der Waals surface area contributed by atoms with Crippen LogP contribution in [0.4, 0.5) is 0 Å². The highest BCUT2D eigenvalue weighted by Crippen LogP contribution is 2.33. The van der Waals surface area contributed by atoms with Crippen molar-refractivity contribution in [2.75, 3.05) is 0 Å². The fraction of sp³-hybridized carbons (Fsp3) is 0. The number of hydrogen-bond donors (Lipinski definition) is 0. The van der Waals surface area contributed by atoms with Gasteiger partial charge in [0.2, 0.25) is 0 Å². The predicted molar refractivity (Wildman–Crippen MR) is 45.8 cm³/mol. The Morgan fingerprint density at radius 3 is 2.86 bits per heavy atom. The minimum atomic E-state index is -3.54. The molecule has 0 N–H and O–H groups in total. The molecule has 0 amide bonds. The molecule has 0 fully saturated rings. The summed E-state index contributed by atoms with van der Waals surface area (Å²) in [5, 5.41) is 10.4. The smallest absolute Gasteiger partial charge is 0.199 e. The van der Waals surface area contributed by atoms with Gasteiger partial charge in [0.1, 0.15) is 4.90 Å². The number of fused-ring (bicyclic) bond motifs is 3. The Balaban J connectivity index is 2.55. The summed E-state index contributed by atoms with van der Waals surface area (Å²) in [5.41, 5.74) is 0.553. The van der Waals surface area contributed by atoms with Crippen LogP contribution in [-0.4, -0.2) is 28.0 Å². The highest BCUT2D eigenvalue weighted by Gasteiger charge is 2.34. The van der Waals surface area contributed by atoms with E-state index in [4.69, 9.17) is 0 Å². The topological polar surface area (TPSA) is 77.7 Å². The van der Waals surface area contributed by atoms with E-state index in [9.17, 15) is 8.42 Å². The first-order valence-electron chi connectivity index (χ1n) is 3.84. The summed E-state index contributed by atoms with van der Waals surface area (Å²) < 4.78 is 24.4. The Morgan fingerprint density at radius 2 is 2.00 bits per heavy atom. The normalized spacial score (nSPS) is 16.3. The minimum Gasteiger partial charge on any atom is -0.199 e. The molecule has 0 radical (unpaired) electrons. The van der Waals surface area contributed by atoms with E-state index in [-0.39, 0.29) is 10.7 Å². The molecule has 0 saturated heterocycles. The molecule has 1 aromatic heterocycles. The van der Waals surface area contributed by atoms with E-state index in [1.807, 2.05) is 0 Å². The molecule has 7 heteroatoms. The lowest BCUT2D eigenvalue weighted by molar-refractivity contribution is 0.581. The molecule has 1 aliphatic heterocycles. The van der Waals surface area contributed by atoms with Gasteiger partial charge in [-0.2, -0.15) is 8.42 Å². The second kappa shape index (κ2) is 2.18. The lowest BCUT2D eigenvalue weighted by Crippen LogP contribution is -2.09. The van der Waals surface area contributed by atoms with Crippen molar-refractivity contribution in [2.24, 2.45) is 0 Å². The van der Waals surface area contributed by atoms with E-state index >= 15 is 0 Å². The van der Waals surface area contributed by atoms with Gasteiger partial charge in [0.05, 0.1) is 0 Å². The SMILES string of the molecule is O=S1(=O)c2ccccc2-c2nnnn21. The standard InChI is InChI=1S/C7H4N4O2S/c12-14(13)6-4-2-1-3-5(6)7-8-9-10-11(7)14/h1-4H. The van der Waals surface area contributed by atoms with Crippen molar-refractivity contribution < 1.29 is 8.42 Å². The molecule has 0 spiro atoms. The summed E-state index contributed by atoms with van der Waals surface area (Å²) in [6.07, 6.45) is 0. The third-order valence-corrected chi connectivity index (χ3v) is 3.69.